The fourth-order valence-corrected chi connectivity index (χ4v) is 1.72. The number of nitrogens with two attached hydrogens (primary N) is 1. The lowest BCUT2D eigenvalue weighted by Crippen LogP contribution is -2.19. The van der Waals surface area contributed by atoms with E-state index in [0.717, 1.165) is 6.42 Å². The summed E-state index contributed by atoms with van der Waals surface area (Å²) in [5, 5.41) is 0. The Morgan fingerprint density at radius 3 is 2.29 bits per heavy atom. The van der Waals surface area contributed by atoms with Crippen LogP contribution in [0.25, 0.3) is 0 Å². The minimum absolute atomic E-state index is 0.172. The molecule has 1 rings (SSSR count). The Morgan fingerprint density at radius 1 is 1.21 bits per heavy atom. The Hall–Kier alpha value is -0.820. The van der Waals surface area contributed by atoms with Gasteiger partial charge in [-0.1, -0.05) is 52.0 Å². The average Bonchev–Trinajstić information content (AvgIpc) is 2.15. The number of hydrogen-bond acceptors (Lipinski definition) is 1. The van der Waals surface area contributed by atoms with E-state index in [1.54, 1.807) is 0 Å². The van der Waals surface area contributed by atoms with Crippen molar-refractivity contribution < 1.29 is 0 Å². The molecular formula is C13H21N. The van der Waals surface area contributed by atoms with Crippen LogP contribution in [0.2, 0.25) is 0 Å². The summed E-state index contributed by atoms with van der Waals surface area (Å²) in [4.78, 5) is 0. The quantitative estimate of drug-likeness (QED) is 0.762. The van der Waals surface area contributed by atoms with Gasteiger partial charge in [0.2, 0.25) is 0 Å². The van der Waals surface area contributed by atoms with Gasteiger partial charge in [0.05, 0.1) is 0 Å². The van der Waals surface area contributed by atoms with Gasteiger partial charge in [-0.25, -0.2) is 0 Å². The molecule has 0 saturated carbocycles. The second-order valence-electron chi connectivity index (χ2n) is 4.85. The Labute approximate surface area is 87.3 Å². The van der Waals surface area contributed by atoms with E-state index < -0.39 is 0 Å². The summed E-state index contributed by atoms with van der Waals surface area (Å²) in [6, 6.07) is 8.66. The molecule has 0 spiro atoms. The Kier molecular flexibility index (Phi) is 3.33. The molecule has 0 fully saturated rings. The van der Waals surface area contributed by atoms with Crippen molar-refractivity contribution in [2.45, 2.75) is 45.6 Å². The highest BCUT2D eigenvalue weighted by molar-refractivity contribution is 5.34. The van der Waals surface area contributed by atoms with Gasteiger partial charge >= 0.3 is 0 Å². The summed E-state index contributed by atoms with van der Waals surface area (Å²) in [6.07, 6.45) is 0.993. The lowest BCUT2D eigenvalue weighted by molar-refractivity contribution is 0.566. The van der Waals surface area contributed by atoms with Crippen LogP contribution in [0.4, 0.5) is 0 Å². The van der Waals surface area contributed by atoms with Crippen molar-refractivity contribution in [2.24, 2.45) is 5.73 Å². The first-order chi connectivity index (χ1) is 6.46. The normalized spacial score (nSPS) is 14.1. The van der Waals surface area contributed by atoms with Gasteiger partial charge in [0.25, 0.3) is 0 Å². The second kappa shape index (κ2) is 4.14. The third kappa shape index (κ3) is 2.36. The van der Waals surface area contributed by atoms with Gasteiger partial charge in [-0.2, -0.15) is 0 Å². The summed E-state index contributed by atoms with van der Waals surface area (Å²) in [5.41, 5.74) is 8.94. The van der Waals surface area contributed by atoms with E-state index in [4.69, 9.17) is 5.73 Å². The Bertz CT molecular complexity index is 296. The van der Waals surface area contributed by atoms with Gasteiger partial charge in [-0.3, -0.25) is 0 Å². The molecule has 0 heterocycles. The van der Waals surface area contributed by atoms with Crippen molar-refractivity contribution in [1.29, 1.82) is 0 Å². The van der Waals surface area contributed by atoms with E-state index in [1.165, 1.54) is 11.1 Å². The second-order valence-corrected chi connectivity index (χ2v) is 4.85. The lowest BCUT2D eigenvalue weighted by atomic mass is 9.81. The molecule has 14 heavy (non-hydrogen) atoms. The molecule has 0 bridgehead atoms. The van der Waals surface area contributed by atoms with E-state index in [1.807, 2.05) is 0 Å². The summed E-state index contributed by atoms with van der Waals surface area (Å²) in [5.74, 6) is 0. The zero-order valence-electron chi connectivity index (χ0n) is 9.67. The number of hydrogen-bond donors (Lipinski definition) is 1. The number of rotatable bonds is 2. The standard InChI is InChI=1S/C13H21N/c1-5-12(14)10-8-6-7-9-11(10)13(2,3)4/h6-9,12H,5,14H2,1-4H3. The van der Waals surface area contributed by atoms with E-state index in [0.29, 0.717) is 0 Å². The molecule has 0 amide bonds. The highest BCUT2D eigenvalue weighted by atomic mass is 14.6. The van der Waals surface area contributed by atoms with Crippen molar-refractivity contribution in [3.8, 4) is 0 Å². The predicted octanol–water partition coefficient (Wildman–Crippen LogP) is 3.39. The van der Waals surface area contributed by atoms with Gasteiger partial charge in [0, 0.05) is 6.04 Å². The first-order valence-corrected chi connectivity index (χ1v) is 5.31. The van der Waals surface area contributed by atoms with E-state index in [2.05, 4.69) is 52.0 Å². The molecule has 0 saturated heterocycles. The predicted molar refractivity (Wildman–Crippen MR) is 62.4 cm³/mol. The van der Waals surface area contributed by atoms with Crippen molar-refractivity contribution in [3.63, 3.8) is 0 Å². The van der Waals surface area contributed by atoms with Crippen molar-refractivity contribution >= 4 is 0 Å². The third-order valence-electron chi connectivity index (χ3n) is 2.61. The SMILES string of the molecule is CCC(N)c1ccccc1C(C)(C)C. The van der Waals surface area contributed by atoms with Gasteiger partial charge in [-0.15, -0.1) is 0 Å². The zero-order valence-corrected chi connectivity index (χ0v) is 9.67. The van der Waals surface area contributed by atoms with Gasteiger partial charge < -0.3 is 5.73 Å². The van der Waals surface area contributed by atoms with E-state index in [-0.39, 0.29) is 11.5 Å². The molecule has 1 heteroatoms. The molecule has 1 atom stereocenters. The van der Waals surface area contributed by atoms with Crippen LogP contribution in [0.15, 0.2) is 24.3 Å². The maximum atomic E-state index is 6.09. The van der Waals surface area contributed by atoms with Crippen molar-refractivity contribution in [1.82, 2.24) is 0 Å². The van der Waals surface area contributed by atoms with E-state index in [9.17, 15) is 0 Å². The summed E-state index contributed by atoms with van der Waals surface area (Å²) in [6.45, 7) is 8.82. The first kappa shape index (κ1) is 11.3. The van der Waals surface area contributed by atoms with Gasteiger partial charge in [0.15, 0.2) is 0 Å². The summed E-state index contributed by atoms with van der Waals surface area (Å²) < 4.78 is 0. The third-order valence-corrected chi connectivity index (χ3v) is 2.61. The van der Waals surface area contributed by atoms with Crippen LogP contribution in [-0.4, -0.2) is 0 Å². The zero-order chi connectivity index (χ0) is 10.8. The molecule has 78 valence electrons. The van der Waals surface area contributed by atoms with Gasteiger partial charge in [-0.05, 0) is 23.0 Å². The highest BCUT2D eigenvalue weighted by Gasteiger charge is 2.19. The van der Waals surface area contributed by atoms with Crippen LogP contribution >= 0.6 is 0 Å². The highest BCUT2D eigenvalue weighted by Crippen LogP contribution is 2.29. The van der Waals surface area contributed by atoms with Crippen molar-refractivity contribution in [3.05, 3.63) is 35.4 Å². The minimum atomic E-state index is 0.172. The Morgan fingerprint density at radius 2 is 1.79 bits per heavy atom. The molecule has 1 aromatic rings. The van der Waals surface area contributed by atoms with Crippen molar-refractivity contribution in [2.75, 3.05) is 0 Å². The molecule has 1 unspecified atom stereocenters. The molecule has 0 aliphatic carbocycles. The van der Waals surface area contributed by atoms with Gasteiger partial charge in [0.1, 0.15) is 0 Å². The molecule has 2 N–H and O–H groups in total. The van der Waals surface area contributed by atoms with Crippen LogP contribution in [-0.2, 0) is 5.41 Å². The molecule has 1 nitrogen and oxygen atoms in total. The van der Waals surface area contributed by atoms with E-state index >= 15 is 0 Å². The van der Waals surface area contributed by atoms with Crippen LogP contribution in [0, 0.1) is 0 Å². The molecular weight excluding hydrogens is 170 g/mol. The minimum Gasteiger partial charge on any atom is -0.324 e. The topological polar surface area (TPSA) is 26.0 Å². The summed E-state index contributed by atoms with van der Waals surface area (Å²) in [7, 11) is 0. The Balaban J connectivity index is 3.16. The average molecular weight is 191 g/mol. The fraction of sp³-hybridized carbons (Fsp3) is 0.538. The molecule has 0 aliphatic heterocycles. The fourth-order valence-electron chi connectivity index (χ4n) is 1.72. The maximum Gasteiger partial charge on any atom is 0.0295 e. The molecule has 1 aromatic carbocycles. The summed E-state index contributed by atoms with van der Waals surface area (Å²) >= 11 is 0. The van der Waals surface area contributed by atoms with Crippen LogP contribution < -0.4 is 5.73 Å². The molecule has 0 aromatic heterocycles. The van der Waals surface area contributed by atoms with Crippen LogP contribution in [0.3, 0.4) is 0 Å². The smallest absolute Gasteiger partial charge is 0.0295 e. The largest absolute Gasteiger partial charge is 0.324 e. The first-order valence-electron chi connectivity index (χ1n) is 5.31. The van der Waals surface area contributed by atoms with Crippen LogP contribution in [0.5, 0.6) is 0 Å². The monoisotopic (exact) mass is 191 g/mol. The maximum absolute atomic E-state index is 6.09. The molecule has 0 aliphatic rings. The molecule has 0 radical (unpaired) electrons. The van der Waals surface area contributed by atoms with Crippen LogP contribution in [0.1, 0.15) is 51.3 Å². The number of benzene rings is 1. The lowest BCUT2D eigenvalue weighted by Gasteiger charge is -2.25.